The van der Waals surface area contributed by atoms with Crippen molar-refractivity contribution in [3.8, 4) is 0 Å². The molecular weight excluding hydrogens is 284 g/mol. The van der Waals surface area contributed by atoms with Crippen LogP contribution in [0.2, 0.25) is 58.9 Å². The molecule has 0 heterocycles. The molecule has 0 spiro atoms. The molecule has 0 aliphatic carbocycles. The first-order valence-electron chi connectivity index (χ1n) is 5.44. The zero-order valence-electron chi connectivity index (χ0n) is 11.4. The Morgan fingerprint density at radius 1 is 0.571 bits per heavy atom. The highest BCUT2D eigenvalue weighted by atomic mass is 79.9. The fraction of sp³-hybridized carbons (Fsp3) is 1.00. The molecule has 0 aromatic carbocycles. The van der Waals surface area contributed by atoms with E-state index in [0.717, 1.165) is 0 Å². The Morgan fingerprint density at radius 3 is 0.714 bits per heavy atom. The van der Waals surface area contributed by atoms with E-state index in [9.17, 15) is 0 Å². The molecule has 4 heteroatoms. The molecule has 0 nitrogen and oxygen atoms in total. The second-order valence-corrected chi connectivity index (χ2v) is 28.0. The maximum Gasteiger partial charge on any atom is 0.0568 e. The van der Waals surface area contributed by atoms with Gasteiger partial charge in [0, 0.05) is 3.19 Å². The van der Waals surface area contributed by atoms with Gasteiger partial charge in [-0.3, -0.25) is 0 Å². The maximum atomic E-state index is 4.23. The van der Waals surface area contributed by atoms with Crippen LogP contribution in [0.1, 0.15) is 0 Å². The summed E-state index contributed by atoms with van der Waals surface area (Å²) in [5.41, 5.74) is 0. The summed E-state index contributed by atoms with van der Waals surface area (Å²) in [6, 6.07) is 0. The van der Waals surface area contributed by atoms with Gasteiger partial charge in [-0.2, -0.15) is 0 Å². The molecule has 14 heavy (non-hydrogen) atoms. The number of hydrogen-bond acceptors (Lipinski definition) is 0. The molecular formula is C10H27BrSi3. The van der Waals surface area contributed by atoms with Crippen molar-refractivity contribution in [3.05, 3.63) is 0 Å². The lowest BCUT2D eigenvalue weighted by atomic mass is 11.6. The molecule has 0 fully saturated rings. The van der Waals surface area contributed by atoms with Gasteiger partial charge in [-0.05, 0) is 0 Å². The van der Waals surface area contributed by atoms with Gasteiger partial charge in [0.15, 0.2) is 0 Å². The van der Waals surface area contributed by atoms with Crippen molar-refractivity contribution < 1.29 is 0 Å². The first-order valence-corrected chi connectivity index (χ1v) is 16.7. The SMILES string of the molecule is C[Si](C)(C)C(Br)([Si](C)(C)C)[Si](C)(C)C. The lowest BCUT2D eigenvalue weighted by Crippen LogP contribution is -2.73. The van der Waals surface area contributed by atoms with Crippen LogP contribution in [0.25, 0.3) is 0 Å². The van der Waals surface area contributed by atoms with E-state index < -0.39 is 24.2 Å². The summed E-state index contributed by atoms with van der Waals surface area (Å²) >= 11 is 4.23. The van der Waals surface area contributed by atoms with E-state index in [2.05, 4.69) is 74.9 Å². The third-order valence-corrected chi connectivity index (χ3v) is 33.5. The highest BCUT2D eigenvalue weighted by Gasteiger charge is 2.58. The molecule has 86 valence electrons. The minimum absolute atomic E-state index is 0.542. The highest BCUT2D eigenvalue weighted by molar-refractivity contribution is 9.11. The predicted molar refractivity (Wildman–Crippen MR) is 81.7 cm³/mol. The summed E-state index contributed by atoms with van der Waals surface area (Å²) in [5.74, 6) is 0. The second-order valence-electron chi connectivity index (χ2n) is 7.41. The van der Waals surface area contributed by atoms with Crippen molar-refractivity contribution in [3.63, 3.8) is 0 Å². The molecule has 0 aromatic heterocycles. The molecule has 0 aromatic rings. The normalized spacial score (nSPS) is 15.9. The minimum Gasteiger partial charge on any atom is -0.0954 e. The molecule has 0 aliphatic heterocycles. The molecule has 0 radical (unpaired) electrons. The molecule has 0 bridgehead atoms. The van der Waals surface area contributed by atoms with Crippen LogP contribution in [-0.2, 0) is 0 Å². The number of alkyl halides is 1. The largest absolute Gasteiger partial charge is 0.0954 e. The molecule has 0 saturated carbocycles. The van der Waals surface area contributed by atoms with Crippen LogP contribution in [0.3, 0.4) is 0 Å². The average Bonchev–Trinajstić information content (AvgIpc) is 1.77. The number of rotatable bonds is 3. The highest BCUT2D eigenvalue weighted by Crippen LogP contribution is 2.45. The first kappa shape index (κ1) is 15.1. The second kappa shape index (κ2) is 3.86. The predicted octanol–water partition coefficient (Wildman–Crippen LogP) is 4.75. The molecule has 0 rings (SSSR count). The summed E-state index contributed by atoms with van der Waals surface area (Å²) in [7, 11) is -3.42. The molecule has 0 amide bonds. The summed E-state index contributed by atoms with van der Waals surface area (Å²) in [4.78, 5) is 0. The summed E-state index contributed by atoms with van der Waals surface area (Å²) < 4.78 is 0.542. The van der Waals surface area contributed by atoms with Crippen molar-refractivity contribution >= 4 is 40.2 Å². The van der Waals surface area contributed by atoms with Crippen molar-refractivity contribution in [2.75, 3.05) is 0 Å². The van der Waals surface area contributed by atoms with E-state index >= 15 is 0 Å². The average molecular weight is 311 g/mol. The van der Waals surface area contributed by atoms with Crippen molar-refractivity contribution in [2.45, 2.75) is 62.1 Å². The smallest absolute Gasteiger partial charge is 0.0568 e. The Balaban J connectivity index is 5.54. The molecule has 0 unspecified atom stereocenters. The van der Waals surface area contributed by atoms with Crippen molar-refractivity contribution in [2.24, 2.45) is 0 Å². The monoisotopic (exact) mass is 310 g/mol. The van der Waals surface area contributed by atoms with Gasteiger partial charge in [0.05, 0.1) is 24.2 Å². The van der Waals surface area contributed by atoms with Crippen molar-refractivity contribution in [1.82, 2.24) is 0 Å². The van der Waals surface area contributed by atoms with Gasteiger partial charge >= 0.3 is 0 Å². The summed E-state index contributed by atoms with van der Waals surface area (Å²) in [6.07, 6.45) is 0. The third-order valence-electron chi connectivity index (χ3n) is 3.10. The van der Waals surface area contributed by atoms with Crippen LogP contribution in [0.15, 0.2) is 0 Å². The molecule has 0 aliphatic rings. The van der Waals surface area contributed by atoms with Crippen LogP contribution in [0.5, 0.6) is 0 Å². The minimum atomic E-state index is -1.14. The fourth-order valence-corrected chi connectivity index (χ4v) is 30.4. The zero-order chi connectivity index (χ0) is 12.0. The van der Waals surface area contributed by atoms with Crippen LogP contribution >= 0.6 is 15.9 Å². The quantitative estimate of drug-likeness (QED) is 0.521. The van der Waals surface area contributed by atoms with E-state index in [0.29, 0.717) is 3.19 Å². The van der Waals surface area contributed by atoms with Crippen LogP contribution in [-0.4, -0.2) is 27.4 Å². The van der Waals surface area contributed by atoms with E-state index in [-0.39, 0.29) is 0 Å². The Morgan fingerprint density at radius 2 is 0.714 bits per heavy atom. The topological polar surface area (TPSA) is 0 Å². The maximum absolute atomic E-state index is 4.23. The standard InChI is InChI=1S/C10H27BrSi3/c1-12(2,3)10(11,13(4,5)6)14(7,8)9/h1-9H3. The third kappa shape index (κ3) is 2.44. The Labute approximate surface area is 102 Å². The Kier molecular flexibility index (Phi) is 4.17. The number of hydrogen-bond donors (Lipinski definition) is 0. The van der Waals surface area contributed by atoms with Gasteiger partial charge in [0.25, 0.3) is 0 Å². The van der Waals surface area contributed by atoms with Gasteiger partial charge in [-0.25, -0.2) is 0 Å². The van der Waals surface area contributed by atoms with E-state index in [4.69, 9.17) is 0 Å². The summed E-state index contributed by atoms with van der Waals surface area (Å²) in [5, 5.41) is 0. The van der Waals surface area contributed by atoms with E-state index in [1.54, 1.807) is 0 Å². The first-order chi connectivity index (χ1) is 5.75. The van der Waals surface area contributed by atoms with Gasteiger partial charge < -0.3 is 0 Å². The number of halogens is 1. The molecule has 0 saturated heterocycles. The Hall–Kier alpha value is 1.13. The van der Waals surface area contributed by atoms with Crippen LogP contribution in [0, 0.1) is 0 Å². The lowest BCUT2D eigenvalue weighted by molar-refractivity contribution is 1.30. The fourth-order valence-electron chi connectivity index (χ4n) is 3.38. The lowest BCUT2D eigenvalue weighted by Gasteiger charge is -2.55. The van der Waals surface area contributed by atoms with E-state index in [1.807, 2.05) is 0 Å². The van der Waals surface area contributed by atoms with Gasteiger partial charge in [-0.15, -0.1) is 0 Å². The van der Waals surface area contributed by atoms with Crippen LogP contribution in [0.4, 0.5) is 0 Å². The molecule has 0 N–H and O–H groups in total. The Bertz CT molecular complexity index is 169. The van der Waals surface area contributed by atoms with E-state index in [1.165, 1.54) is 0 Å². The summed E-state index contributed by atoms with van der Waals surface area (Å²) in [6.45, 7) is 22.7. The zero-order valence-corrected chi connectivity index (χ0v) is 16.0. The van der Waals surface area contributed by atoms with Gasteiger partial charge in [-0.1, -0.05) is 74.9 Å². The molecule has 0 atom stereocenters. The van der Waals surface area contributed by atoms with Gasteiger partial charge in [0.1, 0.15) is 0 Å². The van der Waals surface area contributed by atoms with Gasteiger partial charge in [0.2, 0.25) is 0 Å². The van der Waals surface area contributed by atoms with Crippen molar-refractivity contribution in [1.29, 1.82) is 0 Å². The van der Waals surface area contributed by atoms with Crippen LogP contribution < -0.4 is 0 Å².